The Bertz CT molecular complexity index is 498. The topological polar surface area (TPSA) is 60.4 Å². The lowest BCUT2D eigenvalue weighted by Gasteiger charge is -2.19. The van der Waals surface area contributed by atoms with E-state index >= 15 is 0 Å². The van der Waals surface area contributed by atoms with Gasteiger partial charge in [0.25, 0.3) is 0 Å². The fraction of sp³-hybridized carbons (Fsp3) is 0.462. The molecule has 0 bridgehead atoms. The maximum atomic E-state index is 11.9. The summed E-state index contributed by atoms with van der Waals surface area (Å²) in [5, 5.41) is 0. The summed E-state index contributed by atoms with van der Waals surface area (Å²) in [5.74, 6) is -0.728. The van der Waals surface area contributed by atoms with Crippen LogP contribution in [0.15, 0.2) is 35.2 Å². The molecule has 1 aromatic rings. The van der Waals surface area contributed by atoms with Crippen LogP contribution < -0.4 is 0 Å². The molecule has 0 aliphatic carbocycles. The van der Waals surface area contributed by atoms with Crippen LogP contribution in [0.1, 0.15) is 27.2 Å². The molecule has 0 fully saturated rings. The molecule has 0 aliphatic rings. The monoisotopic (exact) mass is 270 g/mol. The molecule has 0 heterocycles. The van der Waals surface area contributed by atoms with E-state index in [0.29, 0.717) is 0 Å². The fourth-order valence-corrected chi connectivity index (χ4v) is 2.60. The minimum absolute atomic E-state index is 0.130. The van der Waals surface area contributed by atoms with Crippen molar-refractivity contribution in [1.82, 2.24) is 0 Å². The Kier molecular flexibility index (Phi) is 4.51. The molecule has 5 heteroatoms. The van der Waals surface area contributed by atoms with Crippen molar-refractivity contribution in [3.05, 3.63) is 30.3 Å². The Morgan fingerprint density at radius 2 is 1.72 bits per heavy atom. The summed E-state index contributed by atoms with van der Waals surface area (Å²) in [6.45, 7) is 5.24. The molecule has 0 aromatic heterocycles. The van der Waals surface area contributed by atoms with E-state index in [0.717, 1.165) is 0 Å². The van der Waals surface area contributed by atoms with Gasteiger partial charge in [-0.1, -0.05) is 18.2 Å². The smallest absolute Gasteiger partial charge is 0.307 e. The van der Waals surface area contributed by atoms with Gasteiger partial charge in [-0.3, -0.25) is 4.79 Å². The van der Waals surface area contributed by atoms with Gasteiger partial charge in [0.2, 0.25) is 0 Å². The molecule has 100 valence electrons. The molecule has 0 unspecified atom stereocenters. The number of ether oxygens (including phenoxy) is 1. The van der Waals surface area contributed by atoms with Crippen molar-refractivity contribution < 1.29 is 17.9 Å². The average molecular weight is 270 g/mol. The van der Waals surface area contributed by atoms with Gasteiger partial charge in [-0.2, -0.15) is 0 Å². The molecule has 0 saturated heterocycles. The second kappa shape index (κ2) is 5.52. The highest BCUT2D eigenvalue weighted by Crippen LogP contribution is 2.13. The summed E-state index contributed by atoms with van der Waals surface area (Å²) in [6.07, 6.45) is -0.130. The largest absolute Gasteiger partial charge is 0.460 e. The predicted octanol–water partition coefficient (Wildman–Crippen LogP) is 2.19. The minimum Gasteiger partial charge on any atom is -0.460 e. The number of rotatable bonds is 4. The van der Waals surface area contributed by atoms with E-state index in [9.17, 15) is 13.2 Å². The highest BCUT2D eigenvalue weighted by Gasteiger charge is 2.20. The molecule has 0 atom stereocenters. The minimum atomic E-state index is -3.41. The van der Waals surface area contributed by atoms with Crippen LogP contribution >= 0.6 is 0 Å². The highest BCUT2D eigenvalue weighted by molar-refractivity contribution is 7.91. The van der Waals surface area contributed by atoms with E-state index in [1.165, 1.54) is 12.1 Å². The van der Waals surface area contributed by atoms with Gasteiger partial charge in [-0.25, -0.2) is 8.42 Å². The van der Waals surface area contributed by atoms with Gasteiger partial charge in [-0.05, 0) is 32.9 Å². The second-order valence-electron chi connectivity index (χ2n) is 4.97. The average Bonchev–Trinajstić information content (AvgIpc) is 2.26. The number of benzene rings is 1. The van der Waals surface area contributed by atoms with Crippen molar-refractivity contribution in [3.8, 4) is 0 Å². The maximum Gasteiger partial charge on any atom is 0.307 e. The van der Waals surface area contributed by atoms with Crippen LogP contribution in [-0.2, 0) is 19.4 Å². The first-order chi connectivity index (χ1) is 8.21. The van der Waals surface area contributed by atoms with E-state index in [2.05, 4.69) is 0 Å². The van der Waals surface area contributed by atoms with Gasteiger partial charge in [0.15, 0.2) is 9.84 Å². The molecule has 0 aliphatic heterocycles. The number of esters is 1. The van der Waals surface area contributed by atoms with Crippen molar-refractivity contribution in [3.63, 3.8) is 0 Å². The Balaban J connectivity index is 2.61. The quantitative estimate of drug-likeness (QED) is 0.787. The van der Waals surface area contributed by atoms with Gasteiger partial charge < -0.3 is 4.74 Å². The highest BCUT2D eigenvalue weighted by atomic mass is 32.2. The molecular weight excluding hydrogens is 252 g/mol. The SMILES string of the molecule is CC(C)(C)OC(=O)CCS(=O)(=O)c1ccccc1. The van der Waals surface area contributed by atoms with Gasteiger partial charge in [0.05, 0.1) is 17.1 Å². The van der Waals surface area contributed by atoms with E-state index in [1.54, 1.807) is 39.0 Å². The summed E-state index contributed by atoms with van der Waals surface area (Å²) < 4.78 is 28.9. The van der Waals surface area contributed by atoms with Crippen molar-refractivity contribution in [2.24, 2.45) is 0 Å². The number of carbonyl (C=O) groups excluding carboxylic acids is 1. The Hall–Kier alpha value is -1.36. The Labute approximate surface area is 108 Å². The lowest BCUT2D eigenvalue weighted by molar-refractivity contribution is -0.154. The van der Waals surface area contributed by atoms with Gasteiger partial charge in [0.1, 0.15) is 5.60 Å². The molecule has 0 radical (unpaired) electrons. The van der Waals surface area contributed by atoms with Crippen LogP contribution in [0.5, 0.6) is 0 Å². The molecule has 0 saturated carbocycles. The third-order valence-electron chi connectivity index (χ3n) is 2.10. The third kappa shape index (κ3) is 4.87. The van der Waals surface area contributed by atoms with Gasteiger partial charge >= 0.3 is 5.97 Å². The Morgan fingerprint density at radius 3 is 2.22 bits per heavy atom. The summed E-state index contributed by atoms with van der Waals surface area (Å²) in [5.41, 5.74) is -0.590. The van der Waals surface area contributed by atoms with Crippen LogP contribution in [0, 0.1) is 0 Å². The molecule has 18 heavy (non-hydrogen) atoms. The second-order valence-corrected chi connectivity index (χ2v) is 7.08. The van der Waals surface area contributed by atoms with Crippen molar-refractivity contribution in [2.45, 2.75) is 37.7 Å². The maximum absolute atomic E-state index is 11.9. The van der Waals surface area contributed by atoms with Crippen molar-refractivity contribution in [2.75, 3.05) is 5.75 Å². The van der Waals surface area contributed by atoms with E-state index in [1.807, 2.05) is 0 Å². The normalized spacial score (nSPS) is 12.2. The fourth-order valence-electron chi connectivity index (χ4n) is 1.36. The first kappa shape index (κ1) is 14.7. The zero-order valence-electron chi connectivity index (χ0n) is 10.8. The van der Waals surface area contributed by atoms with E-state index in [4.69, 9.17) is 4.74 Å². The van der Waals surface area contributed by atoms with Crippen molar-refractivity contribution >= 4 is 15.8 Å². The van der Waals surface area contributed by atoms with Crippen molar-refractivity contribution in [1.29, 1.82) is 0 Å². The number of hydrogen-bond donors (Lipinski definition) is 0. The summed E-state index contributed by atoms with van der Waals surface area (Å²) >= 11 is 0. The predicted molar refractivity (Wildman–Crippen MR) is 69.0 cm³/mol. The van der Waals surface area contributed by atoms with E-state index < -0.39 is 21.4 Å². The van der Waals surface area contributed by atoms with Crippen LogP contribution in [0.4, 0.5) is 0 Å². The molecule has 0 spiro atoms. The van der Waals surface area contributed by atoms with Crippen LogP contribution in [0.3, 0.4) is 0 Å². The van der Waals surface area contributed by atoms with Gasteiger partial charge in [0, 0.05) is 0 Å². The zero-order valence-corrected chi connectivity index (χ0v) is 11.7. The standard InChI is InChI=1S/C13H18O4S/c1-13(2,3)17-12(14)9-10-18(15,16)11-7-5-4-6-8-11/h4-8H,9-10H2,1-3H3. The molecule has 1 rings (SSSR count). The number of hydrogen-bond acceptors (Lipinski definition) is 4. The summed E-state index contributed by atoms with van der Waals surface area (Å²) in [7, 11) is -3.41. The van der Waals surface area contributed by atoms with Gasteiger partial charge in [-0.15, -0.1) is 0 Å². The van der Waals surface area contributed by atoms with E-state index in [-0.39, 0.29) is 17.1 Å². The van der Waals surface area contributed by atoms with Crippen LogP contribution in [0.2, 0.25) is 0 Å². The molecule has 1 aromatic carbocycles. The number of carbonyl (C=O) groups is 1. The molecule has 0 amide bonds. The van der Waals surface area contributed by atoms with Crippen LogP contribution in [-0.4, -0.2) is 25.7 Å². The summed E-state index contributed by atoms with van der Waals surface area (Å²) in [6, 6.07) is 8.09. The molecule has 4 nitrogen and oxygen atoms in total. The molecule has 0 N–H and O–H groups in total. The first-order valence-electron chi connectivity index (χ1n) is 5.70. The third-order valence-corrected chi connectivity index (χ3v) is 3.83. The van der Waals surface area contributed by atoms with Crippen LogP contribution in [0.25, 0.3) is 0 Å². The Morgan fingerprint density at radius 1 is 1.17 bits per heavy atom. The number of sulfone groups is 1. The molecular formula is C13H18O4S. The lowest BCUT2D eigenvalue weighted by atomic mass is 10.2. The lowest BCUT2D eigenvalue weighted by Crippen LogP contribution is -2.25. The first-order valence-corrected chi connectivity index (χ1v) is 7.36. The summed E-state index contributed by atoms with van der Waals surface area (Å²) in [4.78, 5) is 11.7. The zero-order chi connectivity index (χ0) is 13.8.